The third kappa shape index (κ3) is 5.46. The molecule has 8 heteroatoms. The fraction of sp³-hybridized carbons (Fsp3) is 0.200. The molecule has 33 heavy (non-hydrogen) atoms. The van der Waals surface area contributed by atoms with E-state index in [0.717, 1.165) is 33.6 Å². The zero-order valence-corrected chi connectivity index (χ0v) is 18.7. The molecule has 4 aromatic rings. The van der Waals surface area contributed by atoms with Gasteiger partial charge < -0.3 is 9.88 Å². The lowest BCUT2D eigenvalue weighted by atomic mass is 10.1. The van der Waals surface area contributed by atoms with Crippen molar-refractivity contribution < 1.29 is 13.2 Å². The molecule has 0 amide bonds. The van der Waals surface area contributed by atoms with Crippen LogP contribution in [0, 0.1) is 0 Å². The Morgan fingerprint density at radius 3 is 2.58 bits per heavy atom. The first-order chi connectivity index (χ1) is 15.8. The van der Waals surface area contributed by atoms with Crippen LogP contribution in [0.3, 0.4) is 0 Å². The maximum Gasteiger partial charge on any atom is 0.416 e. The summed E-state index contributed by atoms with van der Waals surface area (Å²) in [6.45, 7) is 0.778. The van der Waals surface area contributed by atoms with E-state index in [1.807, 2.05) is 48.7 Å². The van der Waals surface area contributed by atoms with Gasteiger partial charge in [0.15, 0.2) is 0 Å². The maximum atomic E-state index is 13.4. The number of benzene rings is 2. The summed E-state index contributed by atoms with van der Waals surface area (Å²) in [5, 5.41) is 4.03. The number of hydrogen-bond acceptors (Lipinski definition) is 4. The normalized spacial score (nSPS) is 11.8. The SMILES string of the molecule is CSc1ccc2cc(CNCc3cccc(C(F)(F)F)c3)c(=O)n(Cc3ccccn3)c2c1. The van der Waals surface area contributed by atoms with E-state index in [1.54, 1.807) is 28.6 Å². The Morgan fingerprint density at radius 2 is 1.85 bits per heavy atom. The molecule has 0 saturated heterocycles. The average molecular weight is 470 g/mol. The highest BCUT2D eigenvalue weighted by molar-refractivity contribution is 7.98. The molecular weight excluding hydrogens is 447 g/mol. The van der Waals surface area contributed by atoms with Gasteiger partial charge in [-0.05, 0) is 53.6 Å². The number of fused-ring (bicyclic) bond motifs is 1. The van der Waals surface area contributed by atoms with Gasteiger partial charge in [0.1, 0.15) is 0 Å². The quantitative estimate of drug-likeness (QED) is 0.365. The zero-order valence-electron chi connectivity index (χ0n) is 17.9. The van der Waals surface area contributed by atoms with Gasteiger partial charge in [-0.2, -0.15) is 13.2 Å². The van der Waals surface area contributed by atoms with Crippen LogP contribution in [-0.2, 0) is 25.8 Å². The van der Waals surface area contributed by atoms with Crippen LogP contribution < -0.4 is 10.9 Å². The highest BCUT2D eigenvalue weighted by atomic mass is 32.2. The molecule has 0 aliphatic heterocycles. The number of rotatable bonds is 7. The Balaban J connectivity index is 1.63. The van der Waals surface area contributed by atoms with Crippen LogP contribution in [0.2, 0.25) is 0 Å². The van der Waals surface area contributed by atoms with Crippen molar-refractivity contribution in [2.24, 2.45) is 0 Å². The molecule has 0 unspecified atom stereocenters. The van der Waals surface area contributed by atoms with Crippen LogP contribution >= 0.6 is 11.8 Å². The number of thioether (sulfide) groups is 1. The van der Waals surface area contributed by atoms with Crippen LogP contribution in [0.5, 0.6) is 0 Å². The Hall–Kier alpha value is -3.10. The number of pyridine rings is 2. The van der Waals surface area contributed by atoms with Gasteiger partial charge in [0.2, 0.25) is 0 Å². The van der Waals surface area contributed by atoms with Crippen molar-refractivity contribution in [2.45, 2.75) is 30.7 Å². The minimum absolute atomic E-state index is 0.150. The summed E-state index contributed by atoms with van der Waals surface area (Å²) in [5.41, 5.74) is 1.80. The average Bonchev–Trinajstić information content (AvgIpc) is 2.81. The first-order valence-corrected chi connectivity index (χ1v) is 11.5. The number of hydrogen-bond donors (Lipinski definition) is 1. The molecule has 0 saturated carbocycles. The predicted octanol–water partition coefficient (Wildman–Crippen LogP) is 5.48. The van der Waals surface area contributed by atoms with Crippen LogP contribution in [-0.4, -0.2) is 15.8 Å². The molecule has 0 aliphatic carbocycles. The highest BCUT2D eigenvalue weighted by Crippen LogP contribution is 2.29. The van der Waals surface area contributed by atoms with Crippen molar-refractivity contribution in [3.8, 4) is 0 Å². The minimum atomic E-state index is -4.39. The van der Waals surface area contributed by atoms with E-state index >= 15 is 0 Å². The molecular formula is C25H22F3N3OS. The van der Waals surface area contributed by atoms with Gasteiger partial charge in [0.25, 0.3) is 5.56 Å². The van der Waals surface area contributed by atoms with Crippen LogP contribution in [0.1, 0.15) is 22.4 Å². The van der Waals surface area contributed by atoms with E-state index in [9.17, 15) is 18.0 Å². The molecule has 0 atom stereocenters. The molecule has 0 fully saturated rings. The zero-order chi connectivity index (χ0) is 23.4. The van der Waals surface area contributed by atoms with E-state index in [2.05, 4.69) is 10.3 Å². The monoisotopic (exact) mass is 469 g/mol. The Bertz CT molecular complexity index is 1320. The molecule has 4 rings (SSSR count). The predicted molar refractivity (Wildman–Crippen MR) is 125 cm³/mol. The number of aromatic nitrogens is 2. The summed E-state index contributed by atoms with van der Waals surface area (Å²) in [4.78, 5) is 18.8. The largest absolute Gasteiger partial charge is 0.416 e. The summed E-state index contributed by atoms with van der Waals surface area (Å²) in [7, 11) is 0. The molecule has 0 aliphatic rings. The highest BCUT2D eigenvalue weighted by Gasteiger charge is 2.30. The molecule has 0 spiro atoms. The van der Waals surface area contributed by atoms with Gasteiger partial charge in [-0.3, -0.25) is 9.78 Å². The van der Waals surface area contributed by atoms with E-state index in [0.29, 0.717) is 17.7 Å². The first-order valence-electron chi connectivity index (χ1n) is 10.3. The standard InChI is InChI=1S/C25H22F3N3OS/c1-33-22-9-8-18-12-19(15-29-14-17-5-4-6-20(11-17)25(26,27)28)24(32)31(23(18)13-22)16-21-7-2-3-10-30-21/h2-13,29H,14-16H2,1H3. The van der Waals surface area contributed by atoms with Gasteiger partial charge in [0.05, 0.1) is 23.3 Å². The second kappa shape index (κ2) is 9.80. The van der Waals surface area contributed by atoms with E-state index in [1.165, 1.54) is 6.07 Å². The Morgan fingerprint density at radius 1 is 1.00 bits per heavy atom. The molecule has 1 N–H and O–H groups in total. The topological polar surface area (TPSA) is 46.9 Å². The summed E-state index contributed by atoms with van der Waals surface area (Å²) >= 11 is 1.60. The first kappa shape index (κ1) is 23.1. The lowest BCUT2D eigenvalue weighted by Crippen LogP contribution is -2.28. The van der Waals surface area contributed by atoms with Gasteiger partial charge in [-0.25, -0.2) is 0 Å². The van der Waals surface area contributed by atoms with Crippen molar-refractivity contribution >= 4 is 22.7 Å². The summed E-state index contributed by atoms with van der Waals surface area (Å²) < 4.78 is 40.6. The van der Waals surface area contributed by atoms with E-state index in [-0.39, 0.29) is 18.6 Å². The van der Waals surface area contributed by atoms with E-state index in [4.69, 9.17) is 0 Å². The third-order valence-corrected chi connectivity index (χ3v) is 6.05. The molecule has 2 heterocycles. The Kier molecular flexibility index (Phi) is 6.85. The van der Waals surface area contributed by atoms with E-state index < -0.39 is 11.7 Å². The molecule has 0 radical (unpaired) electrons. The maximum absolute atomic E-state index is 13.4. The molecule has 2 aromatic carbocycles. The summed E-state index contributed by atoms with van der Waals surface area (Å²) in [6.07, 6.45) is -0.714. The smallest absolute Gasteiger partial charge is 0.308 e. The van der Waals surface area contributed by atoms with Crippen molar-refractivity contribution in [1.82, 2.24) is 14.9 Å². The Labute approximate surface area is 193 Å². The number of nitrogens with one attached hydrogen (secondary N) is 1. The molecule has 170 valence electrons. The summed E-state index contributed by atoms with van der Waals surface area (Å²) in [5.74, 6) is 0. The molecule has 4 nitrogen and oxygen atoms in total. The number of halogens is 3. The van der Waals surface area contributed by atoms with Crippen molar-refractivity contribution in [2.75, 3.05) is 6.26 Å². The van der Waals surface area contributed by atoms with Gasteiger partial charge in [-0.1, -0.05) is 30.3 Å². The lowest BCUT2D eigenvalue weighted by molar-refractivity contribution is -0.137. The summed E-state index contributed by atoms with van der Waals surface area (Å²) in [6, 6.07) is 18.6. The fourth-order valence-electron chi connectivity index (χ4n) is 3.67. The molecule has 0 bridgehead atoms. The van der Waals surface area contributed by atoms with Gasteiger partial charge in [-0.15, -0.1) is 11.8 Å². The van der Waals surface area contributed by atoms with Crippen molar-refractivity contribution in [1.29, 1.82) is 0 Å². The fourth-order valence-corrected chi connectivity index (χ4v) is 4.11. The van der Waals surface area contributed by atoms with Crippen LogP contribution in [0.15, 0.2) is 82.6 Å². The minimum Gasteiger partial charge on any atom is -0.308 e. The van der Waals surface area contributed by atoms with Gasteiger partial charge in [0, 0.05) is 29.7 Å². The lowest BCUT2D eigenvalue weighted by Gasteiger charge is -2.14. The third-order valence-electron chi connectivity index (χ3n) is 5.32. The van der Waals surface area contributed by atoms with Crippen LogP contribution in [0.25, 0.3) is 10.9 Å². The van der Waals surface area contributed by atoms with Gasteiger partial charge >= 0.3 is 6.18 Å². The second-order valence-electron chi connectivity index (χ2n) is 7.61. The van der Waals surface area contributed by atoms with Crippen molar-refractivity contribution in [3.05, 3.63) is 106 Å². The van der Waals surface area contributed by atoms with Crippen LogP contribution in [0.4, 0.5) is 13.2 Å². The number of nitrogens with zero attached hydrogens (tertiary/aromatic N) is 2. The molecule has 2 aromatic heterocycles. The van der Waals surface area contributed by atoms with Crippen molar-refractivity contribution in [3.63, 3.8) is 0 Å². The number of alkyl halides is 3. The second-order valence-corrected chi connectivity index (χ2v) is 8.49.